The molecule has 31 heavy (non-hydrogen) atoms. The summed E-state index contributed by atoms with van der Waals surface area (Å²) in [6, 6.07) is 7.07. The lowest BCUT2D eigenvalue weighted by Crippen LogP contribution is -2.48. The first-order chi connectivity index (χ1) is 14.5. The highest BCUT2D eigenvalue weighted by Gasteiger charge is 2.34. The van der Waals surface area contributed by atoms with Gasteiger partial charge in [-0.3, -0.25) is 19.5 Å². The number of nitrogens with two attached hydrogens (primary N) is 1. The number of ether oxygens (including phenoxy) is 1. The van der Waals surface area contributed by atoms with Gasteiger partial charge in [0.1, 0.15) is 0 Å². The number of amides is 3. The third kappa shape index (κ3) is 6.31. The van der Waals surface area contributed by atoms with Gasteiger partial charge in [0.15, 0.2) is 5.96 Å². The summed E-state index contributed by atoms with van der Waals surface area (Å²) < 4.78 is 5.01. The highest BCUT2D eigenvalue weighted by Crippen LogP contribution is 2.22. The molecule has 1 aromatic carbocycles. The van der Waals surface area contributed by atoms with Crippen molar-refractivity contribution in [3.8, 4) is 0 Å². The number of unbranched alkanes of at least 4 members (excludes halogenated alkanes) is 1. The van der Waals surface area contributed by atoms with Crippen LogP contribution in [0.1, 0.15) is 53.3 Å². The van der Waals surface area contributed by atoms with E-state index in [1.54, 1.807) is 36.1 Å². The molecule has 2 aliphatic rings. The Hall–Kier alpha value is -2.37. The minimum atomic E-state index is -0.268. The van der Waals surface area contributed by atoms with Gasteiger partial charge < -0.3 is 20.7 Å². The average Bonchev–Trinajstić information content (AvgIpc) is 2.99. The lowest BCUT2D eigenvalue weighted by atomic mass is 10.1. The quantitative estimate of drug-likeness (QED) is 0.179. The van der Waals surface area contributed by atoms with Crippen LogP contribution in [0.4, 0.5) is 4.79 Å². The van der Waals surface area contributed by atoms with E-state index in [1.807, 2.05) is 0 Å². The van der Waals surface area contributed by atoms with E-state index in [-0.39, 0.29) is 47.9 Å². The molecule has 0 aromatic heterocycles. The van der Waals surface area contributed by atoms with Crippen LogP contribution in [0.2, 0.25) is 0 Å². The molecule has 170 valence electrons. The first-order valence-corrected chi connectivity index (χ1v) is 10.4. The molecule has 3 N–H and O–H groups in total. The first kappa shape index (κ1) is 24.9. The highest BCUT2D eigenvalue weighted by atomic mass is 127. The molecule has 1 saturated heterocycles. The number of carbonyl (C=O) groups excluding carboxylic acids is 3. The van der Waals surface area contributed by atoms with Crippen LogP contribution in [0.5, 0.6) is 0 Å². The second kappa shape index (κ2) is 11.9. The number of nitrogens with zero attached hydrogens (tertiary/aromatic N) is 3. The van der Waals surface area contributed by atoms with Crippen molar-refractivity contribution in [2.75, 3.05) is 32.8 Å². The fraction of sp³-hybridized carbons (Fsp3) is 0.524. The van der Waals surface area contributed by atoms with Crippen LogP contribution in [0.25, 0.3) is 0 Å². The summed E-state index contributed by atoms with van der Waals surface area (Å²) in [4.78, 5) is 43.7. The summed E-state index contributed by atoms with van der Waals surface area (Å²) in [6.45, 7) is 4.33. The number of guanidine groups is 1. The normalized spacial score (nSPS) is 16.7. The fourth-order valence-corrected chi connectivity index (χ4v) is 3.70. The third-order valence-electron chi connectivity index (χ3n) is 5.32. The molecule has 3 amide bonds. The molecular weight excluding hydrogens is 513 g/mol. The summed E-state index contributed by atoms with van der Waals surface area (Å²) in [7, 11) is 0. The van der Waals surface area contributed by atoms with Crippen LogP contribution in [0, 0.1) is 0 Å². The molecular formula is C21H30IN5O4. The van der Waals surface area contributed by atoms with Gasteiger partial charge in [0.2, 0.25) is 0 Å². The molecule has 0 bridgehead atoms. The Balaban J connectivity index is 0.00000341. The van der Waals surface area contributed by atoms with Gasteiger partial charge in [-0.2, -0.15) is 0 Å². The average molecular weight is 543 g/mol. The SMILES string of the molecule is CCOC(=O)N1CCC(NC(N)=NCCCCN2C(=O)c3ccccc3C2=O)CC1.I. The van der Waals surface area contributed by atoms with Crippen LogP contribution < -0.4 is 11.1 Å². The summed E-state index contributed by atoms with van der Waals surface area (Å²) in [5.41, 5.74) is 6.92. The summed E-state index contributed by atoms with van der Waals surface area (Å²) >= 11 is 0. The van der Waals surface area contributed by atoms with E-state index in [0.717, 1.165) is 19.3 Å². The van der Waals surface area contributed by atoms with Crippen molar-refractivity contribution in [3.05, 3.63) is 35.4 Å². The lowest BCUT2D eigenvalue weighted by Gasteiger charge is -2.31. The number of rotatable bonds is 7. The number of piperidine rings is 1. The molecule has 2 aliphatic heterocycles. The third-order valence-corrected chi connectivity index (χ3v) is 5.32. The summed E-state index contributed by atoms with van der Waals surface area (Å²) in [5.74, 6) is -0.0748. The molecule has 0 radical (unpaired) electrons. The second-order valence-corrected chi connectivity index (χ2v) is 7.39. The topological polar surface area (TPSA) is 117 Å². The van der Waals surface area contributed by atoms with E-state index in [2.05, 4.69) is 10.3 Å². The number of imide groups is 1. The molecule has 0 saturated carbocycles. The van der Waals surface area contributed by atoms with E-state index < -0.39 is 0 Å². The number of likely N-dealkylation sites (tertiary alicyclic amines) is 1. The Morgan fingerprint density at radius 3 is 2.35 bits per heavy atom. The molecule has 0 unspecified atom stereocenters. The van der Waals surface area contributed by atoms with Crippen molar-refractivity contribution >= 4 is 47.8 Å². The maximum atomic E-state index is 12.3. The first-order valence-electron chi connectivity index (χ1n) is 10.4. The largest absolute Gasteiger partial charge is 0.450 e. The monoisotopic (exact) mass is 543 g/mol. The van der Waals surface area contributed by atoms with E-state index in [9.17, 15) is 14.4 Å². The molecule has 0 aliphatic carbocycles. The number of hydrogen-bond acceptors (Lipinski definition) is 5. The van der Waals surface area contributed by atoms with Crippen molar-refractivity contribution in [1.29, 1.82) is 0 Å². The van der Waals surface area contributed by atoms with Gasteiger partial charge in [0.25, 0.3) is 11.8 Å². The van der Waals surface area contributed by atoms with Gasteiger partial charge in [-0.05, 0) is 44.7 Å². The Morgan fingerprint density at radius 1 is 1.16 bits per heavy atom. The molecule has 10 heteroatoms. The van der Waals surface area contributed by atoms with Crippen LogP contribution in [0.15, 0.2) is 29.3 Å². The van der Waals surface area contributed by atoms with Gasteiger partial charge in [0, 0.05) is 32.2 Å². The molecule has 9 nitrogen and oxygen atoms in total. The van der Waals surface area contributed by atoms with Gasteiger partial charge in [-0.15, -0.1) is 24.0 Å². The lowest BCUT2D eigenvalue weighted by molar-refractivity contribution is 0.0651. The molecule has 1 aromatic rings. The maximum Gasteiger partial charge on any atom is 0.409 e. The van der Waals surface area contributed by atoms with E-state index in [4.69, 9.17) is 10.5 Å². The second-order valence-electron chi connectivity index (χ2n) is 7.39. The minimum Gasteiger partial charge on any atom is -0.450 e. The van der Waals surface area contributed by atoms with Crippen molar-refractivity contribution in [3.63, 3.8) is 0 Å². The summed E-state index contributed by atoms with van der Waals surface area (Å²) in [5, 5.41) is 3.20. The van der Waals surface area contributed by atoms with Crippen LogP contribution in [0.3, 0.4) is 0 Å². The van der Waals surface area contributed by atoms with Gasteiger partial charge in [0.05, 0.1) is 17.7 Å². The van der Waals surface area contributed by atoms with Crippen molar-refractivity contribution < 1.29 is 19.1 Å². The van der Waals surface area contributed by atoms with Crippen LogP contribution >= 0.6 is 24.0 Å². The van der Waals surface area contributed by atoms with Gasteiger partial charge in [-0.25, -0.2) is 4.79 Å². The number of benzene rings is 1. The molecule has 0 atom stereocenters. The van der Waals surface area contributed by atoms with Gasteiger partial charge >= 0.3 is 6.09 Å². The standard InChI is InChI=1S/C21H29N5O4.HI/c1-2-30-21(29)25-13-9-15(10-14-25)24-20(22)23-11-5-6-12-26-18(27)16-7-3-4-8-17(16)19(26)28;/h3-4,7-8,15H,2,5-6,9-14H2,1H3,(H3,22,23,24);1H. The number of nitrogens with one attached hydrogen (secondary N) is 1. The van der Waals surface area contributed by atoms with Gasteiger partial charge in [-0.1, -0.05) is 12.1 Å². The van der Waals surface area contributed by atoms with E-state index in [1.165, 1.54) is 4.90 Å². The zero-order valence-electron chi connectivity index (χ0n) is 17.7. The smallest absolute Gasteiger partial charge is 0.409 e. The van der Waals surface area contributed by atoms with E-state index >= 15 is 0 Å². The molecule has 0 spiro atoms. The summed E-state index contributed by atoms with van der Waals surface area (Å²) in [6.07, 6.45) is 2.69. The predicted molar refractivity (Wildman–Crippen MR) is 128 cm³/mol. The molecule has 3 rings (SSSR count). The highest BCUT2D eigenvalue weighted by molar-refractivity contribution is 14.0. The number of halogens is 1. The predicted octanol–water partition coefficient (Wildman–Crippen LogP) is 2.21. The van der Waals surface area contributed by atoms with Crippen LogP contribution in [-0.4, -0.2) is 72.5 Å². The fourth-order valence-electron chi connectivity index (χ4n) is 3.70. The maximum absolute atomic E-state index is 12.3. The molecule has 1 fully saturated rings. The van der Waals surface area contributed by atoms with E-state index in [0.29, 0.717) is 56.3 Å². The number of aliphatic imine (C=N–C) groups is 1. The van der Waals surface area contributed by atoms with Crippen LogP contribution in [-0.2, 0) is 4.74 Å². The van der Waals surface area contributed by atoms with Crippen molar-refractivity contribution in [2.45, 2.75) is 38.6 Å². The zero-order valence-corrected chi connectivity index (χ0v) is 20.0. The number of hydrogen-bond donors (Lipinski definition) is 2. The molecule has 2 heterocycles. The number of fused-ring (bicyclic) bond motifs is 1. The Morgan fingerprint density at radius 2 is 1.77 bits per heavy atom. The Labute approximate surface area is 199 Å². The zero-order chi connectivity index (χ0) is 21.5. The minimum absolute atomic E-state index is 0. The van der Waals surface area contributed by atoms with Crippen molar-refractivity contribution in [2.24, 2.45) is 10.7 Å². The Kier molecular flexibility index (Phi) is 9.53. The Bertz CT molecular complexity index is 789. The van der Waals surface area contributed by atoms with Crippen molar-refractivity contribution in [1.82, 2.24) is 15.1 Å². The number of carbonyl (C=O) groups is 3.